The van der Waals surface area contributed by atoms with E-state index in [1.807, 2.05) is 0 Å². The van der Waals surface area contributed by atoms with Crippen molar-refractivity contribution >= 4 is 5.96 Å². The number of aliphatic imine (C=N–C) groups is 1. The van der Waals surface area contributed by atoms with Gasteiger partial charge in [0.1, 0.15) is 0 Å². The van der Waals surface area contributed by atoms with E-state index in [1.54, 1.807) is 0 Å². The van der Waals surface area contributed by atoms with Crippen molar-refractivity contribution in [2.24, 2.45) is 10.9 Å². The number of nitrogens with zero attached hydrogens (tertiary/aromatic N) is 2. The predicted octanol–water partition coefficient (Wildman–Crippen LogP) is 2.40. The van der Waals surface area contributed by atoms with E-state index in [1.165, 1.54) is 31.5 Å². The highest BCUT2D eigenvalue weighted by molar-refractivity contribution is 5.80. The number of rotatable bonds is 4. The van der Waals surface area contributed by atoms with Gasteiger partial charge in [0.05, 0.1) is 6.04 Å². The largest absolute Gasteiger partial charge is 0.356 e. The second-order valence-electron chi connectivity index (χ2n) is 6.54. The zero-order valence-corrected chi connectivity index (χ0v) is 13.6. The van der Waals surface area contributed by atoms with Crippen LogP contribution in [0.3, 0.4) is 0 Å². The fourth-order valence-electron chi connectivity index (χ4n) is 3.32. The summed E-state index contributed by atoms with van der Waals surface area (Å²) in [5.41, 5.74) is 1.40. The summed E-state index contributed by atoms with van der Waals surface area (Å²) in [6.07, 6.45) is 3.75. The molecule has 1 aromatic carbocycles. The van der Waals surface area contributed by atoms with Gasteiger partial charge in [-0.2, -0.15) is 0 Å². The van der Waals surface area contributed by atoms with Crippen molar-refractivity contribution in [1.29, 1.82) is 0 Å². The Balaban J connectivity index is 1.67. The smallest absolute Gasteiger partial charge is 0.191 e. The first-order valence-electron chi connectivity index (χ1n) is 8.64. The van der Waals surface area contributed by atoms with E-state index in [0.29, 0.717) is 6.04 Å². The molecule has 0 aliphatic carbocycles. The van der Waals surface area contributed by atoms with Crippen molar-refractivity contribution in [2.45, 2.75) is 32.2 Å². The van der Waals surface area contributed by atoms with Gasteiger partial charge in [0, 0.05) is 19.6 Å². The fourth-order valence-corrected chi connectivity index (χ4v) is 3.32. The Kier molecular flexibility index (Phi) is 5.33. The maximum atomic E-state index is 4.53. The molecule has 0 spiro atoms. The van der Waals surface area contributed by atoms with Gasteiger partial charge in [-0.15, -0.1) is 0 Å². The number of hydrogen-bond donors (Lipinski definition) is 2. The number of likely N-dealkylation sites (tertiary alicyclic amines) is 1. The monoisotopic (exact) mass is 300 g/mol. The van der Waals surface area contributed by atoms with Crippen LogP contribution in [0.25, 0.3) is 0 Å². The summed E-state index contributed by atoms with van der Waals surface area (Å²) in [6, 6.07) is 11.3. The zero-order valence-electron chi connectivity index (χ0n) is 13.6. The Morgan fingerprint density at radius 2 is 2.05 bits per heavy atom. The van der Waals surface area contributed by atoms with Gasteiger partial charge in [0.2, 0.25) is 0 Å². The quantitative estimate of drug-likeness (QED) is 0.897. The Hall–Kier alpha value is -1.55. The van der Waals surface area contributed by atoms with E-state index in [4.69, 9.17) is 0 Å². The number of hydrogen-bond acceptors (Lipinski definition) is 4. The molecule has 1 unspecified atom stereocenters. The number of guanidine groups is 1. The summed E-state index contributed by atoms with van der Waals surface area (Å²) in [6.45, 7) is 7.65. The van der Waals surface area contributed by atoms with Gasteiger partial charge in [-0.05, 0) is 43.8 Å². The Bertz CT molecular complexity index is 477. The van der Waals surface area contributed by atoms with Gasteiger partial charge in [-0.25, -0.2) is 0 Å². The lowest BCUT2D eigenvalue weighted by atomic mass is 9.95. The summed E-state index contributed by atoms with van der Waals surface area (Å²) in [5, 5.41) is 6.88. The molecule has 2 aliphatic rings. The van der Waals surface area contributed by atoms with E-state index in [0.717, 1.165) is 37.9 Å². The molecule has 0 saturated carbocycles. The second kappa shape index (κ2) is 7.63. The van der Waals surface area contributed by atoms with Crippen LogP contribution in [-0.2, 0) is 0 Å². The van der Waals surface area contributed by atoms with Gasteiger partial charge in [-0.1, -0.05) is 37.3 Å². The maximum Gasteiger partial charge on any atom is 0.191 e. The molecule has 1 aromatic rings. The van der Waals surface area contributed by atoms with E-state index in [2.05, 4.69) is 57.8 Å². The minimum absolute atomic E-state index is 0.431. The molecule has 0 aromatic heterocycles. The average molecular weight is 300 g/mol. The van der Waals surface area contributed by atoms with E-state index in [9.17, 15) is 0 Å². The van der Waals surface area contributed by atoms with Crippen LogP contribution in [0.1, 0.15) is 37.8 Å². The third-order valence-electron chi connectivity index (χ3n) is 4.80. The van der Waals surface area contributed by atoms with Crippen LogP contribution in [0, 0.1) is 5.92 Å². The summed E-state index contributed by atoms with van der Waals surface area (Å²) in [7, 11) is 0. The van der Waals surface area contributed by atoms with Crippen LogP contribution in [-0.4, -0.2) is 43.6 Å². The molecule has 4 heteroatoms. The molecule has 2 aliphatic heterocycles. The van der Waals surface area contributed by atoms with Crippen LogP contribution >= 0.6 is 0 Å². The fraction of sp³-hybridized carbons (Fsp3) is 0.611. The van der Waals surface area contributed by atoms with Crippen LogP contribution in [0.15, 0.2) is 35.3 Å². The van der Waals surface area contributed by atoms with Crippen molar-refractivity contribution in [3.05, 3.63) is 35.9 Å². The van der Waals surface area contributed by atoms with Crippen molar-refractivity contribution < 1.29 is 0 Å². The highest BCUT2D eigenvalue weighted by Gasteiger charge is 2.24. The predicted molar refractivity (Wildman–Crippen MR) is 92.1 cm³/mol. The van der Waals surface area contributed by atoms with Gasteiger partial charge in [0.15, 0.2) is 5.96 Å². The lowest BCUT2D eigenvalue weighted by molar-refractivity contribution is 0.138. The van der Waals surface area contributed by atoms with Gasteiger partial charge in [-0.3, -0.25) is 9.89 Å². The van der Waals surface area contributed by atoms with Crippen molar-refractivity contribution in [3.63, 3.8) is 0 Å². The van der Waals surface area contributed by atoms with Crippen LogP contribution < -0.4 is 10.6 Å². The third kappa shape index (κ3) is 4.01. The molecular weight excluding hydrogens is 272 g/mol. The van der Waals surface area contributed by atoms with Gasteiger partial charge < -0.3 is 10.6 Å². The first kappa shape index (κ1) is 15.3. The lowest BCUT2D eigenvalue weighted by Gasteiger charge is -2.37. The Labute approximate surface area is 134 Å². The number of piperidine rings is 1. The Morgan fingerprint density at radius 1 is 1.27 bits per heavy atom. The first-order valence-corrected chi connectivity index (χ1v) is 8.64. The third-order valence-corrected chi connectivity index (χ3v) is 4.80. The molecule has 3 rings (SSSR count). The number of nitrogens with one attached hydrogen (secondary N) is 2. The maximum absolute atomic E-state index is 4.53. The average Bonchev–Trinajstić information content (AvgIpc) is 2.58. The first-order chi connectivity index (χ1) is 10.8. The molecular formula is C18H28N4. The molecule has 2 heterocycles. The van der Waals surface area contributed by atoms with E-state index in [-0.39, 0.29) is 0 Å². The second-order valence-corrected chi connectivity index (χ2v) is 6.54. The Morgan fingerprint density at radius 3 is 2.73 bits per heavy atom. The minimum atomic E-state index is 0.431. The molecule has 1 fully saturated rings. The molecule has 4 nitrogen and oxygen atoms in total. The summed E-state index contributed by atoms with van der Waals surface area (Å²) in [5.74, 6) is 1.84. The summed E-state index contributed by atoms with van der Waals surface area (Å²) < 4.78 is 0. The van der Waals surface area contributed by atoms with Crippen molar-refractivity contribution in [2.75, 3.05) is 32.7 Å². The topological polar surface area (TPSA) is 39.7 Å². The molecule has 1 atom stereocenters. The summed E-state index contributed by atoms with van der Waals surface area (Å²) in [4.78, 5) is 7.16. The molecule has 22 heavy (non-hydrogen) atoms. The molecule has 0 bridgehead atoms. The van der Waals surface area contributed by atoms with Crippen LogP contribution in [0.4, 0.5) is 0 Å². The molecule has 1 saturated heterocycles. The standard InChI is InChI=1S/C18H28N4/c1-15-8-12-22(13-9-15)17(16-6-3-2-4-7-16)14-21-18-19-10-5-11-20-18/h2-4,6-7,15,17H,5,8-14H2,1H3,(H2,19,20,21). The normalized spacial score (nSPS) is 21.8. The highest BCUT2D eigenvalue weighted by atomic mass is 15.2. The highest BCUT2D eigenvalue weighted by Crippen LogP contribution is 2.26. The minimum Gasteiger partial charge on any atom is -0.356 e. The van der Waals surface area contributed by atoms with Crippen molar-refractivity contribution in [3.8, 4) is 0 Å². The van der Waals surface area contributed by atoms with Crippen molar-refractivity contribution in [1.82, 2.24) is 15.5 Å². The van der Waals surface area contributed by atoms with Crippen LogP contribution in [0.2, 0.25) is 0 Å². The van der Waals surface area contributed by atoms with E-state index < -0.39 is 0 Å². The molecule has 120 valence electrons. The number of benzene rings is 1. The molecule has 0 radical (unpaired) electrons. The van der Waals surface area contributed by atoms with E-state index >= 15 is 0 Å². The lowest BCUT2D eigenvalue weighted by Crippen LogP contribution is -2.46. The summed E-state index contributed by atoms with van der Waals surface area (Å²) >= 11 is 0. The van der Waals surface area contributed by atoms with Gasteiger partial charge in [0.25, 0.3) is 0 Å². The SMILES string of the molecule is CC1CCN(C(CNC2=NCCCN2)c2ccccc2)CC1. The van der Waals surface area contributed by atoms with Gasteiger partial charge >= 0.3 is 0 Å². The molecule has 0 amide bonds. The molecule has 2 N–H and O–H groups in total. The van der Waals surface area contributed by atoms with Crippen LogP contribution in [0.5, 0.6) is 0 Å². The zero-order chi connectivity index (χ0) is 15.2.